The Morgan fingerprint density at radius 2 is 1.79 bits per heavy atom. The number of allylic oxidation sites excluding steroid dienone is 1. The van der Waals surface area contributed by atoms with Gasteiger partial charge in [0.2, 0.25) is 5.95 Å². The summed E-state index contributed by atoms with van der Waals surface area (Å²) in [7, 11) is 0. The van der Waals surface area contributed by atoms with Gasteiger partial charge in [0.1, 0.15) is 17.7 Å². The zero-order valence-electron chi connectivity index (χ0n) is 17.8. The molecule has 33 heavy (non-hydrogen) atoms. The molecule has 160 valence electrons. The standard InChI is InChI=1S/C24H17FN8/c1-13-8-15(4-3-7-26)9-14(2)21(13)18-10-16(25)11-19-22(18)30-24(31-23(19)28)29-20-6-5-17(12-27)32-33-20/h3-6,8-11H,1-2H3,(H3,28,29,30,31,33)/b4-3+. The van der Waals surface area contributed by atoms with Crippen LogP contribution in [-0.2, 0) is 0 Å². The quantitative estimate of drug-likeness (QED) is 0.444. The van der Waals surface area contributed by atoms with Crippen LogP contribution < -0.4 is 11.1 Å². The number of hydrogen-bond acceptors (Lipinski definition) is 8. The smallest absolute Gasteiger partial charge is 0.230 e. The molecule has 4 rings (SSSR count). The van der Waals surface area contributed by atoms with Crippen LogP contribution in [0.3, 0.4) is 0 Å². The topological polar surface area (TPSA) is 137 Å². The van der Waals surface area contributed by atoms with E-state index in [1.807, 2.05) is 38.1 Å². The van der Waals surface area contributed by atoms with E-state index in [0.717, 1.165) is 22.3 Å². The summed E-state index contributed by atoms with van der Waals surface area (Å²) in [5.74, 6) is 0.139. The minimum absolute atomic E-state index is 0.105. The molecule has 8 nitrogen and oxygen atoms in total. The average molecular weight is 436 g/mol. The van der Waals surface area contributed by atoms with Gasteiger partial charge in [0.05, 0.1) is 11.6 Å². The number of hydrogen-bond donors (Lipinski definition) is 2. The fourth-order valence-corrected chi connectivity index (χ4v) is 3.69. The van der Waals surface area contributed by atoms with Crippen LogP contribution in [0.1, 0.15) is 22.4 Å². The maximum atomic E-state index is 14.6. The Morgan fingerprint density at radius 3 is 2.42 bits per heavy atom. The van der Waals surface area contributed by atoms with E-state index in [9.17, 15) is 4.39 Å². The Morgan fingerprint density at radius 1 is 1.03 bits per heavy atom. The van der Waals surface area contributed by atoms with Gasteiger partial charge in [-0.15, -0.1) is 10.2 Å². The molecule has 0 saturated carbocycles. The molecule has 9 heteroatoms. The lowest BCUT2D eigenvalue weighted by molar-refractivity contribution is 0.630. The molecule has 0 aliphatic rings. The molecule has 2 heterocycles. The van der Waals surface area contributed by atoms with Crippen LogP contribution >= 0.6 is 0 Å². The van der Waals surface area contributed by atoms with Crippen molar-refractivity contribution in [3.05, 3.63) is 70.7 Å². The highest BCUT2D eigenvalue weighted by Gasteiger charge is 2.17. The first-order valence-corrected chi connectivity index (χ1v) is 9.85. The monoisotopic (exact) mass is 436 g/mol. The van der Waals surface area contributed by atoms with E-state index in [4.69, 9.17) is 16.3 Å². The molecule has 0 amide bonds. The number of nitrogens with zero attached hydrogens (tertiary/aromatic N) is 6. The molecule has 0 saturated heterocycles. The summed E-state index contributed by atoms with van der Waals surface area (Å²) in [6.45, 7) is 3.83. The fraction of sp³-hybridized carbons (Fsp3) is 0.0833. The highest BCUT2D eigenvalue weighted by Crippen LogP contribution is 2.36. The lowest BCUT2D eigenvalue weighted by Gasteiger charge is -2.15. The number of benzene rings is 2. The number of nitrogen functional groups attached to an aromatic ring is 1. The predicted octanol–water partition coefficient (Wildman–Crippen LogP) is 4.58. The van der Waals surface area contributed by atoms with Crippen molar-refractivity contribution in [3.8, 4) is 23.3 Å². The Hall–Kier alpha value is -4.89. The number of aryl methyl sites for hydroxylation is 2. The van der Waals surface area contributed by atoms with Crippen molar-refractivity contribution in [2.24, 2.45) is 0 Å². The van der Waals surface area contributed by atoms with Gasteiger partial charge in [-0.25, -0.2) is 9.37 Å². The van der Waals surface area contributed by atoms with Gasteiger partial charge < -0.3 is 11.1 Å². The summed E-state index contributed by atoms with van der Waals surface area (Å²) in [4.78, 5) is 8.81. The second-order valence-electron chi connectivity index (χ2n) is 7.31. The molecule has 0 radical (unpaired) electrons. The normalized spacial score (nSPS) is 10.8. The third-order valence-electron chi connectivity index (χ3n) is 4.99. The minimum atomic E-state index is -0.460. The molecule has 3 N–H and O–H groups in total. The summed E-state index contributed by atoms with van der Waals surface area (Å²) in [6.07, 6.45) is 3.12. The SMILES string of the molecule is Cc1cc(/C=C/C#N)cc(C)c1-c1cc(F)cc2c(N)nc(Nc3ccc(C#N)nn3)nc12. The van der Waals surface area contributed by atoms with E-state index in [-0.39, 0.29) is 17.5 Å². The van der Waals surface area contributed by atoms with Gasteiger partial charge in [-0.3, -0.25) is 0 Å². The van der Waals surface area contributed by atoms with Gasteiger partial charge in [-0.2, -0.15) is 15.5 Å². The number of nitriles is 2. The molecule has 2 aromatic heterocycles. The van der Waals surface area contributed by atoms with E-state index in [1.165, 1.54) is 24.3 Å². The van der Waals surface area contributed by atoms with Crippen molar-refractivity contribution in [2.75, 3.05) is 11.1 Å². The van der Waals surface area contributed by atoms with Gasteiger partial charge in [0.25, 0.3) is 0 Å². The first-order chi connectivity index (χ1) is 15.9. The molecule has 0 spiro atoms. The highest BCUT2D eigenvalue weighted by atomic mass is 19.1. The van der Waals surface area contributed by atoms with Gasteiger partial charge in [-0.1, -0.05) is 12.1 Å². The summed E-state index contributed by atoms with van der Waals surface area (Å²) in [6, 6.07) is 13.5. The van der Waals surface area contributed by atoms with E-state index < -0.39 is 5.82 Å². The maximum Gasteiger partial charge on any atom is 0.230 e. The van der Waals surface area contributed by atoms with E-state index in [2.05, 4.69) is 25.5 Å². The maximum absolute atomic E-state index is 14.6. The average Bonchev–Trinajstić information content (AvgIpc) is 2.78. The third kappa shape index (κ3) is 4.29. The van der Waals surface area contributed by atoms with E-state index in [1.54, 1.807) is 12.1 Å². The number of nitrogens with one attached hydrogen (secondary N) is 1. The molecule has 0 unspecified atom stereocenters. The van der Waals surface area contributed by atoms with Gasteiger partial charge in [0.15, 0.2) is 11.5 Å². The Kier molecular flexibility index (Phi) is 5.62. The van der Waals surface area contributed by atoms with E-state index >= 15 is 0 Å². The van der Waals surface area contributed by atoms with Crippen LogP contribution in [0.25, 0.3) is 28.1 Å². The summed E-state index contributed by atoms with van der Waals surface area (Å²) in [5.41, 5.74) is 10.8. The Labute approximate surface area is 188 Å². The van der Waals surface area contributed by atoms with Crippen molar-refractivity contribution >= 4 is 34.6 Å². The molecule has 0 atom stereocenters. The molecule has 0 fully saturated rings. The molecule has 0 bridgehead atoms. The summed E-state index contributed by atoms with van der Waals surface area (Å²) >= 11 is 0. The number of fused-ring (bicyclic) bond motifs is 1. The van der Waals surface area contributed by atoms with Crippen LogP contribution in [0.5, 0.6) is 0 Å². The molecular formula is C24H17FN8. The Balaban J connectivity index is 1.88. The minimum Gasteiger partial charge on any atom is -0.383 e. The van der Waals surface area contributed by atoms with Crippen molar-refractivity contribution in [1.82, 2.24) is 20.2 Å². The largest absolute Gasteiger partial charge is 0.383 e. The van der Waals surface area contributed by atoms with Crippen LogP contribution in [-0.4, -0.2) is 20.2 Å². The van der Waals surface area contributed by atoms with Crippen molar-refractivity contribution in [1.29, 1.82) is 10.5 Å². The predicted molar refractivity (Wildman–Crippen MR) is 123 cm³/mol. The van der Waals surface area contributed by atoms with Crippen LogP contribution in [0.2, 0.25) is 0 Å². The number of aromatic nitrogens is 4. The molecule has 4 aromatic rings. The lowest BCUT2D eigenvalue weighted by atomic mass is 9.92. The van der Waals surface area contributed by atoms with Crippen molar-refractivity contribution < 1.29 is 4.39 Å². The van der Waals surface area contributed by atoms with Gasteiger partial charge in [0, 0.05) is 17.0 Å². The van der Waals surface area contributed by atoms with Gasteiger partial charge in [-0.05, 0) is 66.4 Å². The summed E-state index contributed by atoms with van der Waals surface area (Å²) in [5, 5.41) is 28.7. The zero-order chi connectivity index (χ0) is 23.5. The van der Waals surface area contributed by atoms with Crippen molar-refractivity contribution in [2.45, 2.75) is 13.8 Å². The number of nitrogens with two attached hydrogens (primary N) is 1. The van der Waals surface area contributed by atoms with Gasteiger partial charge >= 0.3 is 0 Å². The zero-order valence-corrected chi connectivity index (χ0v) is 17.8. The number of anilines is 3. The number of halogens is 1. The lowest BCUT2D eigenvalue weighted by Crippen LogP contribution is -2.05. The molecule has 0 aliphatic heterocycles. The first-order valence-electron chi connectivity index (χ1n) is 9.85. The highest BCUT2D eigenvalue weighted by molar-refractivity contribution is 6.00. The number of rotatable bonds is 4. The molecule has 2 aromatic carbocycles. The molecular weight excluding hydrogens is 419 g/mol. The van der Waals surface area contributed by atoms with Crippen LogP contribution in [0, 0.1) is 42.3 Å². The van der Waals surface area contributed by atoms with Crippen LogP contribution in [0.15, 0.2) is 42.5 Å². The van der Waals surface area contributed by atoms with Crippen LogP contribution in [0.4, 0.5) is 22.0 Å². The Bertz CT molecular complexity index is 1470. The third-order valence-corrected chi connectivity index (χ3v) is 4.99. The fourth-order valence-electron chi connectivity index (χ4n) is 3.69. The summed E-state index contributed by atoms with van der Waals surface area (Å²) < 4.78 is 14.6. The molecule has 0 aliphatic carbocycles. The van der Waals surface area contributed by atoms with Crippen molar-refractivity contribution in [3.63, 3.8) is 0 Å². The first kappa shape index (κ1) is 21.3. The van der Waals surface area contributed by atoms with E-state index in [0.29, 0.717) is 22.3 Å². The second kappa shape index (κ2) is 8.69. The second-order valence-corrected chi connectivity index (χ2v) is 7.31.